The van der Waals surface area contributed by atoms with Gasteiger partial charge in [-0.25, -0.2) is 4.98 Å². The first-order chi connectivity index (χ1) is 7.15. The van der Waals surface area contributed by atoms with Crippen LogP contribution in [0.3, 0.4) is 0 Å². The van der Waals surface area contributed by atoms with Crippen molar-refractivity contribution in [3.8, 4) is 0 Å². The number of nitrogen functional groups attached to an aromatic ring is 1. The maximum atomic E-state index is 5.88. The van der Waals surface area contributed by atoms with E-state index in [9.17, 15) is 0 Å². The summed E-state index contributed by atoms with van der Waals surface area (Å²) in [4.78, 5) is 4.08. The first-order valence-electron chi connectivity index (χ1n) is 5.31. The number of nitrogens with one attached hydrogen (secondary N) is 1. The zero-order chi connectivity index (χ0) is 11.3. The molecule has 0 unspecified atom stereocenters. The molecule has 0 saturated heterocycles. The number of nitrogens with zero attached hydrogens (tertiary/aromatic N) is 1. The third-order valence-electron chi connectivity index (χ3n) is 2.24. The molecule has 0 aliphatic carbocycles. The Kier molecular flexibility index (Phi) is 4.69. The van der Waals surface area contributed by atoms with Gasteiger partial charge in [0.15, 0.2) is 5.15 Å². The van der Waals surface area contributed by atoms with Crippen LogP contribution in [-0.2, 0) is 0 Å². The van der Waals surface area contributed by atoms with Crippen LogP contribution < -0.4 is 11.1 Å². The highest BCUT2D eigenvalue weighted by molar-refractivity contribution is 6.32. The van der Waals surface area contributed by atoms with Gasteiger partial charge in [-0.3, -0.25) is 0 Å². The zero-order valence-corrected chi connectivity index (χ0v) is 10.1. The minimum absolute atomic E-state index is 0.382. The normalized spacial score (nSPS) is 10.3. The Balaban J connectivity index is 2.60. The van der Waals surface area contributed by atoms with Gasteiger partial charge < -0.3 is 11.1 Å². The van der Waals surface area contributed by atoms with E-state index in [-0.39, 0.29) is 0 Å². The summed E-state index contributed by atoms with van der Waals surface area (Å²) in [7, 11) is 0. The van der Waals surface area contributed by atoms with E-state index in [1.165, 1.54) is 12.8 Å². The lowest BCUT2D eigenvalue weighted by Crippen LogP contribution is -2.05. The van der Waals surface area contributed by atoms with Crippen molar-refractivity contribution in [1.29, 1.82) is 0 Å². The van der Waals surface area contributed by atoms with Gasteiger partial charge in [-0.2, -0.15) is 0 Å². The molecule has 84 valence electrons. The average Bonchev–Trinajstić information content (AvgIpc) is 2.19. The quantitative estimate of drug-likeness (QED) is 0.600. The molecule has 0 fully saturated rings. The Morgan fingerprint density at radius 1 is 1.47 bits per heavy atom. The zero-order valence-electron chi connectivity index (χ0n) is 9.31. The van der Waals surface area contributed by atoms with Crippen molar-refractivity contribution in [2.24, 2.45) is 0 Å². The van der Waals surface area contributed by atoms with Crippen LogP contribution in [0.15, 0.2) is 6.07 Å². The van der Waals surface area contributed by atoms with E-state index in [1.807, 2.05) is 13.0 Å². The van der Waals surface area contributed by atoms with Gasteiger partial charge in [0.1, 0.15) is 0 Å². The number of rotatable bonds is 5. The van der Waals surface area contributed by atoms with Crippen LogP contribution in [0, 0.1) is 6.92 Å². The number of halogens is 1. The SMILES string of the molecule is CCCCCNc1cc(C)nc(Cl)c1N. The molecule has 3 N–H and O–H groups in total. The molecule has 4 heteroatoms. The van der Waals surface area contributed by atoms with Gasteiger partial charge in [-0.15, -0.1) is 0 Å². The molecule has 15 heavy (non-hydrogen) atoms. The smallest absolute Gasteiger partial charge is 0.154 e. The lowest BCUT2D eigenvalue weighted by molar-refractivity contribution is 0.744. The number of nitrogens with two attached hydrogens (primary N) is 1. The monoisotopic (exact) mass is 227 g/mol. The van der Waals surface area contributed by atoms with Gasteiger partial charge >= 0.3 is 0 Å². The molecule has 1 heterocycles. The number of aryl methyl sites for hydroxylation is 1. The van der Waals surface area contributed by atoms with Gasteiger partial charge in [-0.05, 0) is 19.4 Å². The number of anilines is 2. The van der Waals surface area contributed by atoms with Crippen molar-refractivity contribution in [2.75, 3.05) is 17.6 Å². The second-order valence-corrected chi connectivity index (χ2v) is 4.01. The standard InChI is InChI=1S/C11H18ClN3/c1-3-4-5-6-14-9-7-8(2)15-11(12)10(9)13/h7H,3-6,13H2,1-2H3,(H,14,15). The fourth-order valence-electron chi connectivity index (χ4n) is 1.39. The number of hydrogen-bond donors (Lipinski definition) is 2. The summed E-state index contributed by atoms with van der Waals surface area (Å²) in [5.41, 5.74) is 8.12. The third kappa shape index (κ3) is 3.59. The largest absolute Gasteiger partial charge is 0.395 e. The van der Waals surface area contributed by atoms with Crippen molar-refractivity contribution in [3.05, 3.63) is 16.9 Å². The van der Waals surface area contributed by atoms with Crippen molar-refractivity contribution in [2.45, 2.75) is 33.1 Å². The lowest BCUT2D eigenvalue weighted by atomic mass is 10.2. The number of aromatic nitrogens is 1. The molecule has 0 amide bonds. The summed E-state index contributed by atoms with van der Waals surface area (Å²) in [5, 5.41) is 3.66. The molecule has 0 atom stereocenters. The maximum absolute atomic E-state index is 5.88. The van der Waals surface area contributed by atoms with E-state index >= 15 is 0 Å². The molecular formula is C11H18ClN3. The van der Waals surface area contributed by atoms with Crippen LogP contribution >= 0.6 is 11.6 Å². The minimum Gasteiger partial charge on any atom is -0.395 e. The molecule has 0 saturated carbocycles. The molecule has 0 aliphatic rings. The van der Waals surface area contributed by atoms with E-state index in [1.54, 1.807) is 0 Å². The molecule has 0 radical (unpaired) electrons. The van der Waals surface area contributed by atoms with E-state index in [4.69, 9.17) is 17.3 Å². The van der Waals surface area contributed by atoms with Crippen molar-refractivity contribution >= 4 is 23.0 Å². The summed E-state index contributed by atoms with van der Waals surface area (Å²) >= 11 is 5.88. The Morgan fingerprint density at radius 3 is 2.87 bits per heavy atom. The number of unbranched alkanes of at least 4 members (excludes halogenated alkanes) is 2. The van der Waals surface area contributed by atoms with Crippen LogP contribution in [-0.4, -0.2) is 11.5 Å². The van der Waals surface area contributed by atoms with Crippen LogP contribution in [0.5, 0.6) is 0 Å². The Hall–Kier alpha value is -0.960. The Bertz CT molecular complexity index is 326. The van der Waals surface area contributed by atoms with Gasteiger partial charge in [0.2, 0.25) is 0 Å². The molecule has 0 aromatic carbocycles. The maximum Gasteiger partial charge on any atom is 0.154 e. The molecule has 0 aliphatic heterocycles. The molecule has 1 rings (SSSR count). The number of hydrogen-bond acceptors (Lipinski definition) is 3. The first kappa shape index (κ1) is 12.1. The highest BCUT2D eigenvalue weighted by Gasteiger charge is 2.05. The molecule has 1 aromatic rings. The van der Waals surface area contributed by atoms with Gasteiger partial charge in [0.25, 0.3) is 0 Å². The molecule has 0 spiro atoms. The lowest BCUT2D eigenvalue weighted by Gasteiger charge is -2.10. The summed E-state index contributed by atoms with van der Waals surface area (Å²) in [6, 6.07) is 1.92. The van der Waals surface area contributed by atoms with Gasteiger partial charge in [0.05, 0.1) is 11.4 Å². The van der Waals surface area contributed by atoms with Gasteiger partial charge in [0, 0.05) is 12.2 Å². The van der Waals surface area contributed by atoms with E-state index in [2.05, 4.69) is 17.2 Å². The second-order valence-electron chi connectivity index (χ2n) is 3.65. The van der Waals surface area contributed by atoms with Gasteiger partial charge in [-0.1, -0.05) is 31.4 Å². The summed E-state index contributed by atoms with van der Waals surface area (Å²) < 4.78 is 0. The molecule has 0 bridgehead atoms. The minimum atomic E-state index is 0.382. The van der Waals surface area contributed by atoms with E-state index < -0.39 is 0 Å². The molecular weight excluding hydrogens is 210 g/mol. The van der Waals surface area contributed by atoms with Crippen LogP contribution in [0.4, 0.5) is 11.4 Å². The topological polar surface area (TPSA) is 50.9 Å². The Labute approximate surface area is 96.0 Å². The summed E-state index contributed by atoms with van der Waals surface area (Å²) in [6.07, 6.45) is 3.59. The van der Waals surface area contributed by atoms with Crippen molar-refractivity contribution < 1.29 is 0 Å². The highest BCUT2D eigenvalue weighted by atomic mass is 35.5. The fraction of sp³-hybridized carbons (Fsp3) is 0.545. The second kappa shape index (κ2) is 5.81. The van der Waals surface area contributed by atoms with Crippen molar-refractivity contribution in [3.63, 3.8) is 0 Å². The predicted octanol–water partition coefficient (Wildman–Crippen LogP) is 3.23. The van der Waals surface area contributed by atoms with Crippen molar-refractivity contribution in [1.82, 2.24) is 4.98 Å². The van der Waals surface area contributed by atoms with E-state index in [0.717, 1.165) is 24.3 Å². The fourth-order valence-corrected chi connectivity index (χ4v) is 1.62. The van der Waals surface area contributed by atoms with Crippen LogP contribution in [0.1, 0.15) is 31.9 Å². The predicted molar refractivity (Wildman–Crippen MR) is 66.4 cm³/mol. The molecule has 1 aromatic heterocycles. The molecule has 3 nitrogen and oxygen atoms in total. The Morgan fingerprint density at radius 2 is 2.20 bits per heavy atom. The highest BCUT2D eigenvalue weighted by Crippen LogP contribution is 2.26. The number of pyridine rings is 1. The third-order valence-corrected chi connectivity index (χ3v) is 2.52. The van der Waals surface area contributed by atoms with Crippen LogP contribution in [0.2, 0.25) is 5.15 Å². The first-order valence-corrected chi connectivity index (χ1v) is 5.69. The van der Waals surface area contributed by atoms with Crippen LogP contribution in [0.25, 0.3) is 0 Å². The average molecular weight is 228 g/mol. The summed E-state index contributed by atoms with van der Waals surface area (Å²) in [5.74, 6) is 0. The van der Waals surface area contributed by atoms with E-state index in [0.29, 0.717) is 10.8 Å². The summed E-state index contributed by atoms with van der Waals surface area (Å²) in [6.45, 7) is 5.02.